The summed E-state index contributed by atoms with van der Waals surface area (Å²) in [5, 5.41) is 3.33. The number of esters is 1. The van der Waals surface area contributed by atoms with Crippen LogP contribution in [0.3, 0.4) is 0 Å². The lowest BCUT2D eigenvalue weighted by Crippen LogP contribution is -2.49. The number of rotatable bonds is 4. The van der Waals surface area contributed by atoms with E-state index in [1.54, 1.807) is 0 Å². The van der Waals surface area contributed by atoms with Crippen molar-refractivity contribution in [1.82, 2.24) is 10.2 Å². The maximum absolute atomic E-state index is 11.8. The van der Waals surface area contributed by atoms with Gasteiger partial charge in [0.2, 0.25) is 0 Å². The highest BCUT2D eigenvalue weighted by Gasteiger charge is 2.24. The fraction of sp³-hybridized carbons (Fsp3) is 0.923. The average molecular weight is 242 g/mol. The number of nitrogens with one attached hydrogen (secondary N) is 1. The molecule has 1 saturated heterocycles. The first-order chi connectivity index (χ1) is 7.92. The Bertz CT molecular complexity index is 242. The summed E-state index contributed by atoms with van der Waals surface area (Å²) >= 11 is 0. The quantitative estimate of drug-likeness (QED) is 0.757. The second-order valence-electron chi connectivity index (χ2n) is 5.64. The van der Waals surface area contributed by atoms with Gasteiger partial charge in [0.05, 0.1) is 6.42 Å². The van der Waals surface area contributed by atoms with Crippen LogP contribution in [0.5, 0.6) is 0 Å². The molecule has 1 atom stereocenters. The Hall–Kier alpha value is -0.610. The second-order valence-corrected chi connectivity index (χ2v) is 5.64. The first-order valence-corrected chi connectivity index (χ1v) is 6.59. The van der Waals surface area contributed by atoms with Crippen LogP contribution in [0.1, 0.15) is 40.5 Å². The van der Waals surface area contributed by atoms with E-state index in [1.165, 1.54) is 0 Å². The molecular weight excluding hydrogens is 216 g/mol. The van der Waals surface area contributed by atoms with Gasteiger partial charge < -0.3 is 10.1 Å². The van der Waals surface area contributed by atoms with Crippen molar-refractivity contribution in [2.24, 2.45) is 0 Å². The lowest BCUT2D eigenvalue weighted by Gasteiger charge is -2.34. The zero-order valence-corrected chi connectivity index (χ0v) is 11.6. The molecule has 0 aromatic heterocycles. The van der Waals surface area contributed by atoms with E-state index < -0.39 is 0 Å². The molecule has 1 rings (SSSR count). The molecule has 0 saturated carbocycles. The third-order valence-electron chi connectivity index (χ3n) is 2.96. The minimum absolute atomic E-state index is 0.0807. The minimum atomic E-state index is -0.376. The van der Waals surface area contributed by atoms with E-state index in [9.17, 15) is 4.79 Å². The molecule has 0 unspecified atom stereocenters. The molecule has 4 nitrogen and oxygen atoms in total. The summed E-state index contributed by atoms with van der Waals surface area (Å²) in [5.74, 6) is -0.0807. The van der Waals surface area contributed by atoms with Gasteiger partial charge in [-0.1, -0.05) is 6.92 Å². The van der Waals surface area contributed by atoms with Gasteiger partial charge in [0.15, 0.2) is 0 Å². The van der Waals surface area contributed by atoms with E-state index in [2.05, 4.69) is 17.1 Å². The molecule has 1 aliphatic heterocycles. The molecule has 1 fully saturated rings. The second kappa shape index (κ2) is 6.36. The van der Waals surface area contributed by atoms with Crippen molar-refractivity contribution in [2.75, 3.05) is 26.2 Å². The van der Waals surface area contributed by atoms with Gasteiger partial charge in [0, 0.05) is 32.2 Å². The molecule has 0 spiro atoms. The largest absolute Gasteiger partial charge is 0.460 e. The highest BCUT2D eigenvalue weighted by Crippen LogP contribution is 2.14. The van der Waals surface area contributed by atoms with Crippen LogP contribution in [0.25, 0.3) is 0 Å². The Labute approximate surface area is 105 Å². The summed E-state index contributed by atoms with van der Waals surface area (Å²) in [6.45, 7) is 12.0. The number of hydrogen-bond acceptors (Lipinski definition) is 4. The number of carbonyl (C=O) groups is 1. The zero-order chi connectivity index (χ0) is 12.9. The molecule has 1 aliphatic rings. The fourth-order valence-electron chi connectivity index (χ4n) is 2.15. The molecule has 0 bridgehead atoms. The molecule has 100 valence electrons. The summed E-state index contributed by atoms with van der Waals surface area (Å²) in [5.41, 5.74) is -0.376. The maximum atomic E-state index is 11.8. The Morgan fingerprint density at radius 1 is 1.35 bits per heavy atom. The molecule has 0 radical (unpaired) electrons. The topological polar surface area (TPSA) is 41.6 Å². The maximum Gasteiger partial charge on any atom is 0.307 e. The van der Waals surface area contributed by atoms with Crippen molar-refractivity contribution in [3.8, 4) is 0 Å². The number of nitrogens with zero attached hydrogens (tertiary/aromatic N) is 1. The Morgan fingerprint density at radius 3 is 2.41 bits per heavy atom. The molecule has 4 heteroatoms. The van der Waals surface area contributed by atoms with Gasteiger partial charge in [-0.25, -0.2) is 0 Å². The van der Waals surface area contributed by atoms with E-state index >= 15 is 0 Å². The van der Waals surface area contributed by atoms with E-state index in [0.29, 0.717) is 12.5 Å². The van der Waals surface area contributed by atoms with Gasteiger partial charge in [-0.05, 0) is 27.2 Å². The van der Waals surface area contributed by atoms with E-state index in [0.717, 1.165) is 32.6 Å². The first kappa shape index (κ1) is 14.5. The van der Waals surface area contributed by atoms with Crippen molar-refractivity contribution in [3.05, 3.63) is 0 Å². The van der Waals surface area contributed by atoms with Gasteiger partial charge in [-0.3, -0.25) is 9.69 Å². The van der Waals surface area contributed by atoms with Crippen molar-refractivity contribution in [1.29, 1.82) is 0 Å². The number of ether oxygens (including phenoxy) is 1. The molecular formula is C13H26N2O2. The summed E-state index contributed by atoms with van der Waals surface area (Å²) in [6, 6.07) is 0.326. The lowest BCUT2D eigenvalue weighted by molar-refractivity contribution is -0.156. The van der Waals surface area contributed by atoms with Crippen molar-refractivity contribution in [2.45, 2.75) is 52.2 Å². The van der Waals surface area contributed by atoms with E-state index in [1.807, 2.05) is 20.8 Å². The van der Waals surface area contributed by atoms with Crippen LogP contribution in [0.4, 0.5) is 0 Å². The van der Waals surface area contributed by atoms with E-state index in [4.69, 9.17) is 4.74 Å². The SMILES string of the molecule is CC[C@@H](CC(=O)OC(C)(C)C)N1CCNCC1. The third kappa shape index (κ3) is 5.50. The lowest BCUT2D eigenvalue weighted by atomic mass is 10.1. The summed E-state index contributed by atoms with van der Waals surface area (Å²) in [7, 11) is 0. The Morgan fingerprint density at radius 2 is 1.94 bits per heavy atom. The molecule has 0 aromatic carbocycles. The van der Waals surface area contributed by atoms with Crippen LogP contribution >= 0.6 is 0 Å². The summed E-state index contributed by atoms with van der Waals surface area (Å²) in [6.07, 6.45) is 1.51. The normalized spacial score (nSPS) is 20.0. The highest BCUT2D eigenvalue weighted by atomic mass is 16.6. The number of carbonyl (C=O) groups excluding carboxylic acids is 1. The first-order valence-electron chi connectivity index (χ1n) is 6.59. The standard InChI is InChI=1S/C13H26N2O2/c1-5-11(15-8-6-14-7-9-15)10-12(16)17-13(2,3)4/h11,14H,5-10H2,1-4H3/t11-/m0/s1. The summed E-state index contributed by atoms with van der Waals surface area (Å²) in [4.78, 5) is 14.2. The van der Waals surface area contributed by atoms with Gasteiger partial charge >= 0.3 is 5.97 Å². The molecule has 0 aromatic rings. The van der Waals surface area contributed by atoms with Crippen LogP contribution in [0, 0.1) is 0 Å². The van der Waals surface area contributed by atoms with Crippen molar-refractivity contribution < 1.29 is 9.53 Å². The summed E-state index contributed by atoms with van der Waals surface area (Å²) < 4.78 is 5.38. The Kier molecular flexibility index (Phi) is 5.40. The van der Waals surface area contributed by atoms with Gasteiger partial charge in [0.1, 0.15) is 5.60 Å². The molecule has 1 heterocycles. The number of hydrogen-bond donors (Lipinski definition) is 1. The molecule has 17 heavy (non-hydrogen) atoms. The predicted octanol–water partition coefficient (Wildman–Crippen LogP) is 1.40. The van der Waals surface area contributed by atoms with Crippen molar-refractivity contribution >= 4 is 5.97 Å². The highest BCUT2D eigenvalue weighted by molar-refractivity contribution is 5.70. The minimum Gasteiger partial charge on any atom is -0.460 e. The van der Waals surface area contributed by atoms with Crippen LogP contribution in [0.15, 0.2) is 0 Å². The zero-order valence-electron chi connectivity index (χ0n) is 11.6. The molecule has 0 aliphatic carbocycles. The average Bonchev–Trinajstić information content (AvgIpc) is 2.24. The predicted molar refractivity (Wildman–Crippen MR) is 69.0 cm³/mol. The van der Waals surface area contributed by atoms with Crippen molar-refractivity contribution in [3.63, 3.8) is 0 Å². The van der Waals surface area contributed by atoms with Gasteiger partial charge in [-0.15, -0.1) is 0 Å². The fourth-order valence-corrected chi connectivity index (χ4v) is 2.15. The van der Waals surface area contributed by atoms with Crippen LogP contribution in [-0.4, -0.2) is 48.7 Å². The molecule has 0 amide bonds. The van der Waals surface area contributed by atoms with E-state index in [-0.39, 0.29) is 11.6 Å². The number of piperazine rings is 1. The van der Waals surface area contributed by atoms with Crippen LogP contribution < -0.4 is 5.32 Å². The smallest absolute Gasteiger partial charge is 0.307 e. The van der Waals surface area contributed by atoms with Gasteiger partial charge in [-0.2, -0.15) is 0 Å². The third-order valence-corrected chi connectivity index (χ3v) is 2.96. The van der Waals surface area contributed by atoms with Gasteiger partial charge in [0.25, 0.3) is 0 Å². The Balaban J connectivity index is 2.42. The monoisotopic (exact) mass is 242 g/mol. The van der Waals surface area contributed by atoms with Crippen LogP contribution in [0.2, 0.25) is 0 Å². The molecule has 1 N–H and O–H groups in total. The van der Waals surface area contributed by atoms with Crippen LogP contribution in [-0.2, 0) is 9.53 Å².